The number of halogens is 2. The lowest BCUT2D eigenvalue weighted by Gasteiger charge is -2.30. The highest BCUT2D eigenvalue weighted by molar-refractivity contribution is 14.1. The van der Waals surface area contributed by atoms with Crippen LogP contribution in [0.2, 0.25) is 0 Å². The highest BCUT2D eigenvalue weighted by atomic mass is 127. The number of hydrogen-bond acceptors (Lipinski definition) is 7. The smallest absolute Gasteiger partial charge is 0.338 e. The van der Waals surface area contributed by atoms with E-state index < -0.39 is 17.9 Å². The van der Waals surface area contributed by atoms with Crippen molar-refractivity contribution in [3.63, 3.8) is 0 Å². The first kappa shape index (κ1) is 29.7. The van der Waals surface area contributed by atoms with Crippen molar-refractivity contribution in [2.24, 2.45) is 5.10 Å². The van der Waals surface area contributed by atoms with Crippen molar-refractivity contribution in [2.45, 2.75) is 19.9 Å². The first-order valence-corrected chi connectivity index (χ1v) is 13.9. The predicted octanol–water partition coefficient (Wildman–Crippen LogP) is 3.79. The number of rotatable bonds is 10. The molecule has 2 aromatic rings. The van der Waals surface area contributed by atoms with Crippen LogP contribution in [0.15, 0.2) is 52.8 Å². The normalized spacial score (nSPS) is 14.8. The molecule has 0 aromatic heterocycles. The average molecular weight is 758 g/mol. The second kappa shape index (κ2) is 14.3. The molecule has 0 saturated heterocycles. The van der Waals surface area contributed by atoms with Crippen molar-refractivity contribution in [1.29, 1.82) is 0 Å². The van der Waals surface area contributed by atoms with Crippen LogP contribution < -0.4 is 25.5 Å². The Bertz CT molecular complexity index is 1320. The monoisotopic (exact) mass is 758 g/mol. The lowest BCUT2D eigenvalue weighted by atomic mass is 9.95. The number of carbonyl (C=O) groups is 2. The van der Waals surface area contributed by atoms with Gasteiger partial charge in [-0.2, -0.15) is 5.10 Å². The lowest BCUT2D eigenvalue weighted by molar-refractivity contribution is -0.139. The van der Waals surface area contributed by atoms with Crippen LogP contribution in [0.25, 0.3) is 0 Å². The molecular weight excluding hydrogens is 734 g/mol. The van der Waals surface area contributed by atoms with Gasteiger partial charge in [0.15, 0.2) is 11.7 Å². The number of esters is 1. The zero-order chi connectivity index (χ0) is 27.7. The Kier molecular flexibility index (Phi) is 11.2. The number of hydrogen-bond donors (Lipinski definition) is 3. The maximum Gasteiger partial charge on any atom is 0.338 e. The largest absolute Gasteiger partial charge is 0.483 e. The molecule has 0 radical (unpaired) electrons. The van der Waals surface area contributed by atoms with E-state index in [0.717, 1.165) is 12.7 Å². The van der Waals surface area contributed by atoms with E-state index in [9.17, 15) is 9.59 Å². The molecular formula is C26H24I2N4O5S. The Balaban J connectivity index is 1.68. The Morgan fingerprint density at radius 2 is 1.95 bits per heavy atom. The minimum atomic E-state index is -0.613. The summed E-state index contributed by atoms with van der Waals surface area (Å²) in [5, 5.41) is 10.4. The van der Waals surface area contributed by atoms with Crippen molar-refractivity contribution < 1.29 is 23.8 Å². The van der Waals surface area contributed by atoms with E-state index in [4.69, 9.17) is 32.9 Å². The lowest BCUT2D eigenvalue weighted by Crippen LogP contribution is -2.45. The minimum absolute atomic E-state index is 0.180. The Labute approximate surface area is 253 Å². The molecule has 1 heterocycles. The molecule has 1 aliphatic rings. The van der Waals surface area contributed by atoms with Crippen molar-refractivity contribution in [3.05, 3.63) is 65.9 Å². The van der Waals surface area contributed by atoms with E-state index >= 15 is 0 Å². The predicted molar refractivity (Wildman–Crippen MR) is 165 cm³/mol. The number of allylic oxidation sites excluding steroid dienone is 1. The van der Waals surface area contributed by atoms with Gasteiger partial charge in [-0.15, -0.1) is 6.42 Å². The molecule has 0 saturated carbocycles. The number of ether oxygens (including phenoxy) is 3. The number of amides is 1. The highest BCUT2D eigenvalue weighted by Gasteiger charge is 2.32. The summed E-state index contributed by atoms with van der Waals surface area (Å²) >= 11 is 9.60. The number of thiocarbonyl (C=S) groups is 1. The van der Waals surface area contributed by atoms with Gasteiger partial charge in [-0.25, -0.2) is 10.2 Å². The Hall–Kier alpha value is -2.90. The first-order valence-electron chi connectivity index (χ1n) is 11.3. The van der Waals surface area contributed by atoms with E-state index in [-0.39, 0.29) is 19.8 Å². The number of carbonyl (C=O) groups excluding carboxylic acids is 2. The summed E-state index contributed by atoms with van der Waals surface area (Å²) in [5.74, 6) is 2.63. The SMILES string of the molecule is C#CCOc1c(I)cc(C=NNC(=O)COc2ccccc2[C@@H]2NC(=S)NC(C)=C2C(=O)OCC)cc1I. The molecule has 1 aliphatic heterocycles. The molecule has 2 aromatic carbocycles. The molecule has 0 spiro atoms. The molecule has 0 unspecified atom stereocenters. The standard InChI is InChI=1S/C26H24I2N4O5S/c1-4-10-36-24-18(27)11-16(12-19(24)28)13-29-32-21(33)14-37-20-9-7-6-8-17(20)23-22(25(34)35-5-2)15(3)30-26(38)31-23/h1,6-9,11-13,23H,5,10,14H2,2-3H3,(H,32,33)(H2,30,31,38)/t23-/m0/s1. The van der Waals surface area contributed by atoms with Gasteiger partial charge in [-0.3, -0.25) is 4.79 Å². The second-order valence-electron chi connectivity index (χ2n) is 7.72. The van der Waals surface area contributed by atoms with Crippen LogP contribution in [-0.2, 0) is 14.3 Å². The van der Waals surface area contributed by atoms with E-state index in [0.29, 0.717) is 33.4 Å². The fraction of sp³-hybridized carbons (Fsp3) is 0.231. The summed E-state index contributed by atoms with van der Waals surface area (Å²) in [5.41, 5.74) is 4.83. The van der Waals surface area contributed by atoms with Gasteiger partial charge >= 0.3 is 5.97 Å². The third-order valence-corrected chi connectivity index (χ3v) is 6.90. The van der Waals surface area contributed by atoms with Crippen molar-refractivity contribution in [3.8, 4) is 23.8 Å². The fourth-order valence-corrected chi connectivity index (χ4v) is 5.92. The van der Waals surface area contributed by atoms with E-state index in [1.165, 1.54) is 6.21 Å². The van der Waals surface area contributed by atoms with Gasteiger partial charge in [-0.1, -0.05) is 24.1 Å². The molecule has 1 atom stereocenters. The van der Waals surface area contributed by atoms with Gasteiger partial charge < -0.3 is 24.8 Å². The molecule has 38 heavy (non-hydrogen) atoms. The molecule has 198 valence electrons. The van der Waals surface area contributed by atoms with Gasteiger partial charge in [0.25, 0.3) is 5.91 Å². The van der Waals surface area contributed by atoms with Crippen LogP contribution >= 0.6 is 57.4 Å². The maximum absolute atomic E-state index is 12.7. The topological polar surface area (TPSA) is 110 Å². The Morgan fingerprint density at radius 3 is 2.63 bits per heavy atom. The third-order valence-electron chi connectivity index (χ3n) is 5.08. The van der Waals surface area contributed by atoms with E-state index in [1.54, 1.807) is 32.0 Å². The van der Waals surface area contributed by atoms with Crippen molar-refractivity contribution in [2.75, 3.05) is 19.8 Å². The van der Waals surface area contributed by atoms with Crippen LogP contribution in [-0.4, -0.2) is 43.0 Å². The van der Waals surface area contributed by atoms with Crippen molar-refractivity contribution >= 4 is 80.6 Å². The first-order chi connectivity index (χ1) is 18.2. The number of hydrazone groups is 1. The fourth-order valence-electron chi connectivity index (χ4n) is 3.52. The summed E-state index contributed by atoms with van der Waals surface area (Å²) in [4.78, 5) is 25.1. The van der Waals surface area contributed by atoms with E-state index in [1.807, 2.05) is 18.2 Å². The summed E-state index contributed by atoms with van der Waals surface area (Å²) in [6.45, 7) is 3.60. The van der Waals surface area contributed by atoms with Crippen molar-refractivity contribution in [1.82, 2.24) is 16.1 Å². The Morgan fingerprint density at radius 1 is 1.24 bits per heavy atom. The summed E-state index contributed by atoms with van der Waals surface area (Å²) in [6.07, 6.45) is 6.79. The number of nitrogens with zero attached hydrogens (tertiary/aromatic N) is 1. The molecule has 3 rings (SSSR count). The van der Waals surface area contributed by atoms with Gasteiger partial charge in [0.1, 0.15) is 18.1 Å². The molecule has 0 aliphatic carbocycles. The summed E-state index contributed by atoms with van der Waals surface area (Å²) < 4.78 is 18.3. The number of benzene rings is 2. The molecule has 9 nitrogen and oxygen atoms in total. The van der Waals surface area contributed by atoms with Gasteiger partial charge in [0, 0.05) is 11.3 Å². The van der Waals surface area contributed by atoms with Gasteiger partial charge in [0.2, 0.25) is 0 Å². The molecule has 1 amide bonds. The molecule has 0 fully saturated rings. The number of terminal acetylenes is 1. The quantitative estimate of drug-likeness (QED) is 0.0840. The van der Waals surface area contributed by atoms with Crippen LogP contribution in [0, 0.1) is 19.5 Å². The molecule has 0 bridgehead atoms. The second-order valence-corrected chi connectivity index (χ2v) is 10.4. The molecule has 3 N–H and O–H groups in total. The summed E-state index contributed by atoms with van der Waals surface area (Å²) in [7, 11) is 0. The van der Waals surface area contributed by atoms with Crippen LogP contribution in [0.3, 0.4) is 0 Å². The van der Waals surface area contributed by atoms with E-state index in [2.05, 4.69) is 72.3 Å². The summed E-state index contributed by atoms with van der Waals surface area (Å²) in [6, 6.07) is 10.2. The third kappa shape index (κ3) is 7.81. The highest BCUT2D eigenvalue weighted by Crippen LogP contribution is 2.33. The zero-order valence-corrected chi connectivity index (χ0v) is 25.6. The average Bonchev–Trinajstić information content (AvgIpc) is 2.87. The van der Waals surface area contributed by atoms with Crippen LogP contribution in [0.4, 0.5) is 0 Å². The van der Waals surface area contributed by atoms with Crippen LogP contribution in [0.1, 0.15) is 31.0 Å². The maximum atomic E-state index is 12.7. The van der Waals surface area contributed by atoms with Crippen LogP contribution in [0.5, 0.6) is 11.5 Å². The number of nitrogens with one attached hydrogen (secondary N) is 3. The minimum Gasteiger partial charge on any atom is -0.483 e. The van der Waals surface area contributed by atoms with Gasteiger partial charge in [0.05, 0.1) is 31.6 Å². The van der Waals surface area contributed by atoms with Gasteiger partial charge in [-0.05, 0) is 95.0 Å². The molecule has 12 heteroatoms. The zero-order valence-electron chi connectivity index (χ0n) is 20.5. The number of para-hydroxylation sites is 1.